The molecule has 39 heavy (non-hydrogen) atoms. The van der Waals surface area contributed by atoms with Gasteiger partial charge in [-0.05, 0) is 67.4 Å². The van der Waals surface area contributed by atoms with Crippen LogP contribution in [0.25, 0.3) is 0 Å². The number of ether oxygens (including phenoxy) is 2. The molecule has 0 aliphatic carbocycles. The molecule has 2 aromatic rings. The van der Waals surface area contributed by atoms with Gasteiger partial charge in [-0.15, -0.1) is 18.9 Å². The van der Waals surface area contributed by atoms with Crippen LogP contribution in [-0.2, 0) is 37.2 Å². The molecule has 3 unspecified atom stereocenters. The summed E-state index contributed by atoms with van der Waals surface area (Å²) >= 11 is 11.2. The normalized spacial score (nSPS) is 17.8. The average molecular weight is 631 g/mol. The second kappa shape index (κ2) is 14.1. The van der Waals surface area contributed by atoms with Crippen molar-refractivity contribution in [3.8, 4) is 11.5 Å². The van der Waals surface area contributed by atoms with Gasteiger partial charge in [0.2, 0.25) is 6.79 Å². The maximum atomic E-state index is 10.7. The number of nitrogens with zero attached hydrogens (tertiary/aromatic N) is 2. The van der Waals surface area contributed by atoms with Gasteiger partial charge in [0.05, 0.1) is 20.4 Å². The minimum atomic E-state index is -2.74. The topological polar surface area (TPSA) is 82.0 Å². The lowest BCUT2D eigenvalue weighted by molar-refractivity contribution is -0.0444. The van der Waals surface area contributed by atoms with Crippen molar-refractivity contribution in [2.24, 2.45) is 5.10 Å². The smallest absolute Gasteiger partial charge is 0.452 e. The van der Waals surface area contributed by atoms with Gasteiger partial charge in [0, 0.05) is 25.8 Å². The van der Waals surface area contributed by atoms with Crippen LogP contribution in [0.4, 0.5) is 0 Å². The van der Waals surface area contributed by atoms with Gasteiger partial charge in [-0.2, -0.15) is 4.52 Å². The summed E-state index contributed by atoms with van der Waals surface area (Å²) in [6, 6.07) is 15.0. The molecule has 3 atom stereocenters. The van der Waals surface area contributed by atoms with Gasteiger partial charge in [0.1, 0.15) is 11.5 Å². The summed E-state index contributed by atoms with van der Waals surface area (Å²) in [6.07, 6.45) is 4.06. The molecule has 1 saturated heterocycles. The lowest BCUT2D eigenvalue weighted by atomic mass is 10.2. The Morgan fingerprint density at radius 3 is 2.10 bits per heavy atom. The van der Waals surface area contributed by atoms with Gasteiger partial charge in [0.25, 0.3) is 11.2 Å². The Hall–Kier alpha value is -1.18. The van der Waals surface area contributed by atoms with Crippen LogP contribution in [0.1, 0.15) is 63.9 Å². The van der Waals surface area contributed by atoms with E-state index in [-0.39, 0.29) is 12.1 Å². The van der Waals surface area contributed by atoms with Crippen LogP contribution < -0.4 is 9.47 Å². The summed E-state index contributed by atoms with van der Waals surface area (Å²) in [5.74, 6) is 0.461. The minimum Gasteiger partial charge on any atom is -0.478 e. The molecule has 0 bridgehead atoms. The molecular weight excluding hydrogens is 593 g/mol. The maximum Gasteiger partial charge on any atom is 0.452 e. The van der Waals surface area contributed by atoms with Crippen LogP contribution in [0.2, 0.25) is 0 Å². The zero-order valence-corrected chi connectivity index (χ0v) is 27.5. The molecule has 0 aromatic heterocycles. The summed E-state index contributed by atoms with van der Waals surface area (Å²) in [6.45, 7) is 7.14. The van der Waals surface area contributed by atoms with Crippen molar-refractivity contribution < 1.29 is 28.2 Å². The number of hydrogen-bond donors (Lipinski definition) is 1. The fourth-order valence-electron chi connectivity index (χ4n) is 3.81. The Kier molecular flexibility index (Phi) is 11.7. The Labute approximate surface area is 244 Å². The van der Waals surface area contributed by atoms with E-state index in [1.165, 1.54) is 7.11 Å². The van der Waals surface area contributed by atoms with E-state index in [1.807, 2.05) is 55.1 Å². The molecule has 0 radical (unpaired) electrons. The van der Waals surface area contributed by atoms with Crippen LogP contribution in [-0.4, -0.2) is 47.7 Å². The molecule has 212 valence electrons. The molecule has 3 rings (SSSR count). The SMILES string of the molecule is CCC(C)(Oc1ccc(/C=N/N(C)[P+](=S)C(CC)(CC)Oc2ccc(C(O)[P+]3(OC)OCO3)cc2)cc1)P=S. The molecule has 2 aromatic carbocycles. The molecule has 1 N–H and O–H groups in total. The standard InChI is InChI=1S/C26H37N2O6P3S2/c1-7-25(4,35-38)33-22-14-10-20(11-15-22)18-27-28(5)36(39)26(8-2,9-3)34-23-16-12-21(13-17-23)24(29)37(30-6)31-19-32-37/h10-18,24,29H,7-9,19H2,1-6H3/q+2/b27-18+. The molecule has 1 heterocycles. The molecular formula is C26H37N2O6P3S2+2. The van der Waals surface area contributed by atoms with Gasteiger partial charge < -0.3 is 14.6 Å². The second-order valence-corrected chi connectivity index (χ2v) is 16.2. The van der Waals surface area contributed by atoms with Crippen molar-refractivity contribution in [3.63, 3.8) is 0 Å². The highest BCUT2D eigenvalue weighted by Gasteiger charge is 2.61. The van der Waals surface area contributed by atoms with Crippen molar-refractivity contribution in [1.82, 2.24) is 4.78 Å². The van der Waals surface area contributed by atoms with Crippen LogP contribution in [0, 0.1) is 0 Å². The largest absolute Gasteiger partial charge is 0.478 e. The summed E-state index contributed by atoms with van der Waals surface area (Å²) < 4.78 is 30.6. The van der Waals surface area contributed by atoms with E-state index in [2.05, 4.69) is 25.9 Å². The van der Waals surface area contributed by atoms with E-state index >= 15 is 0 Å². The Balaban J connectivity index is 1.68. The fourth-order valence-corrected chi connectivity index (χ4v) is 8.53. The lowest BCUT2D eigenvalue weighted by Gasteiger charge is -2.30. The number of aliphatic hydroxyl groups is 1. The van der Waals surface area contributed by atoms with Gasteiger partial charge in [-0.25, -0.2) is 0 Å². The number of aliphatic hydroxyl groups excluding tert-OH is 1. The van der Waals surface area contributed by atoms with Crippen molar-refractivity contribution in [3.05, 3.63) is 59.7 Å². The highest BCUT2D eigenvalue weighted by atomic mass is 32.4. The van der Waals surface area contributed by atoms with Crippen molar-refractivity contribution in [2.75, 3.05) is 21.0 Å². The zero-order chi connectivity index (χ0) is 28.7. The first kappa shape index (κ1) is 32.3. The summed E-state index contributed by atoms with van der Waals surface area (Å²) in [7, 11) is 1.40. The Bertz CT molecular complexity index is 1140. The molecule has 0 amide bonds. The van der Waals surface area contributed by atoms with Crippen molar-refractivity contribution >= 4 is 52.0 Å². The molecule has 0 saturated carbocycles. The first-order valence-electron chi connectivity index (χ1n) is 12.7. The van der Waals surface area contributed by atoms with E-state index in [0.717, 1.165) is 25.1 Å². The number of rotatable bonds is 15. The average Bonchev–Trinajstić information content (AvgIpc) is 2.95. The van der Waals surface area contributed by atoms with Gasteiger partial charge in [-0.3, -0.25) is 0 Å². The zero-order valence-electron chi connectivity index (χ0n) is 23.1. The van der Waals surface area contributed by atoms with Crippen molar-refractivity contribution in [1.29, 1.82) is 0 Å². The van der Waals surface area contributed by atoms with E-state index in [0.29, 0.717) is 24.2 Å². The van der Waals surface area contributed by atoms with E-state index in [9.17, 15) is 5.11 Å². The third kappa shape index (κ3) is 7.56. The van der Waals surface area contributed by atoms with E-state index in [1.54, 1.807) is 18.3 Å². The van der Waals surface area contributed by atoms with Crippen LogP contribution in [0.5, 0.6) is 11.5 Å². The second-order valence-electron chi connectivity index (χ2n) is 9.09. The number of benzene rings is 2. The Morgan fingerprint density at radius 1 is 1.08 bits per heavy atom. The lowest BCUT2D eigenvalue weighted by Crippen LogP contribution is -2.33. The third-order valence-corrected chi connectivity index (χ3v) is 14.7. The summed E-state index contributed by atoms with van der Waals surface area (Å²) in [5, 5.41) is 14.4. The number of hydrogen-bond acceptors (Lipinski definition) is 9. The first-order valence-corrected chi connectivity index (χ1v) is 18.5. The summed E-state index contributed by atoms with van der Waals surface area (Å²) in [5.41, 5.74) is 1.57. The number of hydrazone groups is 1. The molecule has 1 fully saturated rings. The quantitative estimate of drug-likeness (QED) is 0.121. The van der Waals surface area contributed by atoms with E-state index < -0.39 is 26.0 Å². The first-order chi connectivity index (χ1) is 18.6. The van der Waals surface area contributed by atoms with Gasteiger partial charge >= 0.3 is 14.8 Å². The molecule has 1 aliphatic heterocycles. The van der Waals surface area contributed by atoms with Crippen LogP contribution in [0.15, 0.2) is 53.6 Å². The highest BCUT2D eigenvalue weighted by Crippen LogP contribution is 2.76. The van der Waals surface area contributed by atoms with E-state index in [4.69, 9.17) is 46.7 Å². The molecule has 8 nitrogen and oxygen atoms in total. The predicted molar refractivity (Wildman–Crippen MR) is 166 cm³/mol. The minimum absolute atomic E-state index is 0.126. The van der Waals surface area contributed by atoms with Crippen molar-refractivity contribution in [2.45, 2.75) is 63.5 Å². The van der Waals surface area contributed by atoms with Gasteiger partial charge in [-0.1, -0.05) is 32.6 Å². The molecule has 1 aliphatic rings. The third-order valence-electron chi connectivity index (χ3n) is 6.66. The monoisotopic (exact) mass is 630 g/mol. The Morgan fingerprint density at radius 2 is 1.64 bits per heavy atom. The maximum absolute atomic E-state index is 10.7. The molecule has 13 heteroatoms. The van der Waals surface area contributed by atoms with Crippen LogP contribution in [0.3, 0.4) is 0 Å². The molecule has 0 spiro atoms. The fraction of sp³-hybridized carbons (Fsp3) is 0.500. The highest BCUT2D eigenvalue weighted by molar-refractivity contribution is 8.04. The summed E-state index contributed by atoms with van der Waals surface area (Å²) in [4.78, 5) is 0. The predicted octanol–water partition coefficient (Wildman–Crippen LogP) is 7.72. The van der Waals surface area contributed by atoms with Crippen LogP contribution >= 0.6 is 22.1 Å². The van der Waals surface area contributed by atoms with Gasteiger partial charge in [0.15, 0.2) is 17.1 Å².